The first-order valence-electron chi connectivity index (χ1n) is 15.4. The molecule has 0 spiro atoms. The minimum atomic E-state index is -2.62. The minimum absolute atomic E-state index is 0. The van der Waals surface area contributed by atoms with Gasteiger partial charge in [-0.1, -0.05) is 36.4 Å². The minimum Gasteiger partial charge on any atom is -0.658 e. The predicted octanol–water partition coefficient (Wildman–Crippen LogP) is 11.0. The quantitative estimate of drug-likeness (QED) is 0.0762. The summed E-state index contributed by atoms with van der Waals surface area (Å²) in [6.45, 7) is 0. The van der Waals surface area contributed by atoms with Crippen LogP contribution < -0.4 is 15.0 Å². The summed E-state index contributed by atoms with van der Waals surface area (Å²) < 4.78 is 223. The van der Waals surface area contributed by atoms with Gasteiger partial charge in [-0.2, -0.15) is 11.0 Å². The van der Waals surface area contributed by atoms with Crippen LogP contribution in [0.5, 0.6) is 0 Å². The Morgan fingerprint density at radius 1 is 0.305 bits per heavy atom. The molecular weight excluding hydrogens is 871 g/mol. The Kier molecular flexibility index (Phi) is 10.9. The first-order chi connectivity index (χ1) is 27.5. The molecule has 8 rings (SSSR count). The molecule has 0 aliphatic carbocycles. The first-order valence-corrected chi connectivity index (χ1v) is 15.4. The second kappa shape index (κ2) is 15.3. The van der Waals surface area contributed by atoms with Crippen molar-refractivity contribution in [1.82, 2.24) is 19.9 Å². The van der Waals surface area contributed by atoms with Crippen LogP contribution in [0, 0.1) is 92.2 Å². The number of nitroso groups, excluding NO2 is 1. The van der Waals surface area contributed by atoms with Gasteiger partial charge in [0.25, 0.3) is 0 Å². The van der Waals surface area contributed by atoms with Crippen molar-refractivity contribution in [2.45, 2.75) is 0 Å². The number of benzene rings is 3. The van der Waals surface area contributed by atoms with Gasteiger partial charge < -0.3 is 25.5 Å². The number of rotatable bonds is 3. The van der Waals surface area contributed by atoms with E-state index in [9.17, 15) is 39.5 Å². The second-order valence-electron chi connectivity index (χ2n) is 11.8. The fraction of sp³-hybridized carbons (Fsp3) is 0. The van der Waals surface area contributed by atoms with Gasteiger partial charge in [0, 0.05) is 0 Å². The summed E-state index contributed by atoms with van der Waals surface area (Å²) in [6, 6.07) is 5.64. The fourth-order valence-corrected chi connectivity index (χ4v) is 6.20. The molecule has 0 radical (unpaired) electrons. The largest absolute Gasteiger partial charge is 4.00 e. The van der Waals surface area contributed by atoms with E-state index < -0.39 is 154 Å². The maximum absolute atomic E-state index is 15.5. The first kappa shape index (κ1) is 42.1. The molecule has 0 fully saturated rings. The summed E-state index contributed by atoms with van der Waals surface area (Å²) in [5.41, 5.74) is -7.24. The smallest absolute Gasteiger partial charge is 0.658 e. The average Bonchev–Trinajstić information content (AvgIpc) is 4.07. The van der Waals surface area contributed by atoms with Crippen LogP contribution in [0.2, 0.25) is 0 Å². The van der Waals surface area contributed by atoms with E-state index in [1.165, 1.54) is 0 Å². The molecule has 59 heavy (non-hydrogen) atoms. The molecule has 0 unspecified atom stereocenters. The van der Waals surface area contributed by atoms with Gasteiger partial charge in [-0.15, -0.1) is 22.1 Å². The van der Waals surface area contributed by atoms with Crippen molar-refractivity contribution < 1.29 is 82.9 Å². The van der Waals surface area contributed by atoms with E-state index in [2.05, 4.69) is 19.9 Å². The SMILES string of the molecule is Fc1c(F)c(F)c(-c2c3nc(c(-c4c(F)c(F)c(F)c(F)c4F)c4ccc([n-]4)c4ccc([n-]4)c(-c4c(F)c(F)c(F)c(F)c4F)c4ccc2[n-]4)C=C3)c(F)c1F.[Fe+4].[N-]=O. The third kappa shape index (κ3) is 6.29. The van der Waals surface area contributed by atoms with Crippen LogP contribution in [0.25, 0.3) is 84.2 Å². The van der Waals surface area contributed by atoms with Crippen LogP contribution in [0.15, 0.2) is 36.4 Å². The van der Waals surface area contributed by atoms with Crippen molar-refractivity contribution in [3.63, 3.8) is 0 Å². The summed E-state index contributed by atoms with van der Waals surface area (Å²) in [5.74, 6) is -37.0. The Bertz CT molecular complexity index is 3000. The van der Waals surface area contributed by atoms with Gasteiger partial charge in [0.05, 0.1) is 28.1 Å². The monoisotopic (exact) mass is 879 g/mol. The van der Waals surface area contributed by atoms with Crippen LogP contribution in [-0.4, -0.2) is 4.98 Å². The second-order valence-corrected chi connectivity index (χ2v) is 11.8. The molecule has 0 saturated carbocycles. The fourth-order valence-electron chi connectivity index (χ4n) is 6.20. The van der Waals surface area contributed by atoms with Gasteiger partial charge in [0.2, 0.25) is 17.5 Å². The normalized spacial score (nSPS) is 11.6. The van der Waals surface area contributed by atoms with E-state index in [1.54, 1.807) is 0 Å². The van der Waals surface area contributed by atoms with E-state index in [1.807, 2.05) is 0 Å². The summed E-state index contributed by atoms with van der Waals surface area (Å²) in [4.78, 5) is 23.5. The molecule has 7 aromatic rings. The van der Waals surface area contributed by atoms with Crippen molar-refractivity contribution in [1.29, 1.82) is 0 Å². The van der Waals surface area contributed by atoms with Crippen LogP contribution in [0.4, 0.5) is 65.9 Å². The van der Waals surface area contributed by atoms with Crippen molar-refractivity contribution in [3.8, 4) is 33.4 Å². The molecule has 4 aromatic heterocycles. The van der Waals surface area contributed by atoms with Crippen molar-refractivity contribution in [3.05, 3.63) is 146 Å². The maximum Gasteiger partial charge on any atom is 4.00 e. The van der Waals surface area contributed by atoms with Gasteiger partial charge in [-0.25, -0.2) is 70.8 Å². The van der Waals surface area contributed by atoms with Crippen molar-refractivity contribution >= 4 is 45.3 Å². The van der Waals surface area contributed by atoms with Gasteiger partial charge in [-0.05, 0) is 28.8 Å². The molecule has 1 aliphatic heterocycles. The molecule has 0 amide bonds. The topological polar surface area (TPSA) is 94.6 Å². The molecule has 8 bridgehead atoms. The van der Waals surface area contributed by atoms with Crippen LogP contribution in [0.1, 0.15) is 11.4 Å². The number of hydrogen-bond acceptors (Lipinski definition) is 2. The van der Waals surface area contributed by atoms with E-state index in [0.717, 1.165) is 48.6 Å². The average molecular weight is 879 g/mol. The molecule has 300 valence electrons. The zero-order valence-electron chi connectivity index (χ0n) is 27.8. The van der Waals surface area contributed by atoms with E-state index >= 15 is 26.3 Å². The third-order valence-electron chi connectivity index (χ3n) is 8.74. The standard InChI is InChI=1S/C37H8F15N4.Fe.NO/c38-23-20(24(39)30(45)35(50)29(23)44)17-11-3-1-9(53-11)10-2-4-12(54-10)18(21-25(40)31(46)36(51)32(47)26(21)41)14-6-8-16(56-14)19(15-7-5-13(17)55-15)22-27(42)33(48)37(52)34(49)28(22)43;;1-2/h1-8H;;/q-3;+4;-1. The van der Waals surface area contributed by atoms with Gasteiger partial charge in [0.1, 0.15) is 0 Å². The number of aromatic nitrogens is 4. The molecule has 22 heteroatoms. The zero-order chi connectivity index (χ0) is 42.2. The van der Waals surface area contributed by atoms with E-state index in [4.69, 9.17) is 10.5 Å². The number of fused-ring (bicyclic) bond motifs is 9. The Morgan fingerprint density at radius 3 is 0.797 bits per heavy atom. The van der Waals surface area contributed by atoms with Gasteiger partial charge in [0.15, 0.2) is 69.8 Å². The molecule has 0 saturated heterocycles. The van der Waals surface area contributed by atoms with Gasteiger partial charge >= 0.3 is 17.1 Å². The van der Waals surface area contributed by atoms with Crippen molar-refractivity contribution in [2.24, 2.45) is 0 Å². The molecule has 6 nitrogen and oxygen atoms in total. The predicted molar refractivity (Wildman–Crippen MR) is 174 cm³/mol. The maximum atomic E-state index is 15.5. The van der Waals surface area contributed by atoms with Gasteiger partial charge in [-0.3, -0.25) is 0 Å². The summed E-state index contributed by atoms with van der Waals surface area (Å²) in [6.07, 6.45) is 1.56. The summed E-state index contributed by atoms with van der Waals surface area (Å²) in [5, 5.41) is 0. The summed E-state index contributed by atoms with van der Waals surface area (Å²) in [7, 11) is 0. The van der Waals surface area contributed by atoms with Crippen LogP contribution in [0.3, 0.4) is 0 Å². The van der Waals surface area contributed by atoms with Crippen LogP contribution >= 0.6 is 0 Å². The Labute approximate surface area is 326 Å². The number of halogens is 15. The molecular formula is C37H8F15FeN5O. The number of hydrogen-bond donors (Lipinski definition) is 0. The Morgan fingerprint density at radius 2 is 0.508 bits per heavy atom. The van der Waals surface area contributed by atoms with E-state index in [0.29, 0.717) is 0 Å². The third-order valence-corrected chi connectivity index (χ3v) is 8.74. The van der Waals surface area contributed by atoms with E-state index in [-0.39, 0.29) is 28.1 Å². The zero-order valence-corrected chi connectivity index (χ0v) is 28.9. The Balaban J connectivity index is 0.00000192. The Hall–Kier alpha value is -6.54. The molecule has 5 heterocycles. The molecule has 0 N–H and O–H groups in total. The molecule has 0 atom stereocenters. The van der Waals surface area contributed by atoms with Crippen LogP contribution in [-0.2, 0) is 17.1 Å². The van der Waals surface area contributed by atoms with Crippen molar-refractivity contribution in [2.75, 3.05) is 0 Å². The molecule has 1 aliphatic rings. The molecule has 3 aromatic carbocycles. The number of nitrogens with zero attached hydrogens (tertiary/aromatic N) is 5. The summed E-state index contributed by atoms with van der Waals surface area (Å²) >= 11 is 0.